The van der Waals surface area contributed by atoms with Crippen molar-refractivity contribution in [1.29, 1.82) is 0 Å². The van der Waals surface area contributed by atoms with Crippen LogP contribution in [-0.4, -0.2) is 34.5 Å². The van der Waals surface area contributed by atoms with Crippen LogP contribution in [0.25, 0.3) is 0 Å². The molecule has 88 valence electrons. The lowest BCUT2D eigenvalue weighted by molar-refractivity contribution is 0.0992. The fourth-order valence-electron chi connectivity index (χ4n) is 2.62. The van der Waals surface area contributed by atoms with Crippen molar-refractivity contribution in [3.05, 3.63) is 12.2 Å². The van der Waals surface area contributed by atoms with Gasteiger partial charge in [0.15, 0.2) is 5.82 Å². The molecule has 0 radical (unpaired) electrons. The molecular formula is C11H18N4O. The fraction of sp³-hybridized carbons (Fsp3) is 0.818. The van der Waals surface area contributed by atoms with Crippen molar-refractivity contribution >= 4 is 0 Å². The molecule has 2 saturated heterocycles. The van der Waals surface area contributed by atoms with Crippen molar-refractivity contribution < 1.29 is 4.74 Å². The Morgan fingerprint density at radius 1 is 1.38 bits per heavy atom. The summed E-state index contributed by atoms with van der Waals surface area (Å²) in [7, 11) is 0. The third-order valence-electron chi connectivity index (χ3n) is 3.48. The van der Waals surface area contributed by atoms with Crippen LogP contribution in [0.15, 0.2) is 6.33 Å². The summed E-state index contributed by atoms with van der Waals surface area (Å²) in [5.74, 6) is 1.02. The molecule has 2 unspecified atom stereocenters. The van der Waals surface area contributed by atoms with Crippen LogP contribution in [0.3, 0.4) is 0 Å². The van der Waals surface area contributed by atoms with Gasteiger partial charge >= 0.3 is 0 Å². The Hall–Kier alpha value is -0.940. The van der Waals surface area contributed by atoms with Crippen LogP contribution in [0.2, 0.25) is 0 Å². The summed E-state index contributed by atoms with van der Waals surface area (Å²) in [5.41, 5.74) is 0. The number of aromatic nitrogens is 3. The number of nitrogens with one attached hydrogen (secondary N) is 1. The second kappa shape index (κ2) is 4.51. The molecule has 5 heteroatoms. The second-order valence-electron chi connectivity index (χ2n) is 4.60. The van der Waals surface area contributed by atoms with Crippen molar-refractivity contribution in [2.75, 3.05) is 19.7 Å². The molecule has 16 heavy (non-hydrogen) atoms. The molecule has 2 aliphatic rings. The maximum Gasteiger partial charge on any atom is 0.162 e. The predicted octanol–water partition coefficient (Wildman–Crippen LogP) is 1.05. The standard InChI is InChI=1S/C11H18N4O/c1-3-9(7-12-5-1)15-8-13-14-11(15)10-4-2-6-16-10/h8-10,12H,1-7H2. The SMILES string of the molecule is c1nnc(C2CCCO2)n1C1CCCNC1. The first-order chi connectivity index (χ1) is 7.95. The Balaban J connectivity index is 1.80. The van der Waals surface area contributed by atoms with E-state index < -0.39 is 0 Å². The number of hydrogen-bond donors (Lipinski definition) is 1. The van der Waals surface area contributed by atoms with E-state index in [0.717, 1.165) is 38.4 Å². The zero-order valence-electron chi connectivity index (χ0n) is 9.43. The van der Waals surface area contributed by atoms with Gasteiger partial charge < -0.3 is 14.6 Å². The lowest BCUT2D eigenvalue weighted by Crippen LogP contribution is -2.32. The molecule has 3 rings (SSSR count). The van der Waals surface area contributed by atoms with Crippen molar-refractivity contribution in [2.24, 2.45) is 0 Å². The van der Waals surface area contributed by atoms with E-state index in [2.05, 4.69) is 20.1 Å². The molecule has 1 aromatic heterocycles. The maximum absolute atomic E-state index is 5.69. The third-order valence-corrected chi connectivity index (χ3v) is 3.48. The molecule has 0 aromatic carbocycles. The first kappa shape index (κ1) is 10.2. The molecule has 1 aromatic rings. The highest BCUT2D eigenvalue weighted by Crippen LogP contribution is 2.29. The molecule has 2 atom stereocenters. The molecule has 2 aliphatic heterocycles. The number of piperidine rings is 1. The smallest absolute Gasteiger partial charge is 0.162 e. The van der Waals surface area contributed by atoms with Crippen molar-refractivity contribution in [3.63, 3.8) is 0 Å². The first-order valence-corrected chi connectivity index (χ1v) is 6.17. The van der Waals surface area contributed by atoms with Crippen molar-refractivity contribution in [1.82, 2.24) is 20.1 Å². The largest absolute Gasteiger partial charge is 0.370 e. The maximum atomic E-state index is 5.69. The second-order valence-corrected chi connectivity index (χ2v) is 4.60. The Morgan fingerprint density at radius 2 is 2.38 bits per heavy atom. The molecule has 0 aliphatic carbocycles. The van der Waals surface area contributed by atoms with Gasteiger partial charge in [-0.25, -0.2) is 0 Å². The highest BCUT2D eigenvalue weighted by atomic mass is 16.5. The average molecular weight is 222 g/mol. The van der Waals surface area contributed by atoms with E-state index >= 15 is 0 Å². The van der Waals surface area contributed by atoms with E-state index in [1.807, 2.05) is 6.33 Å². The van der Waals surface area contributed by atoms with Gasteiger partial charge in [-0.3, -0.25) is 0 Å². The van der Waals surface area contributed by atoms with E-state index in [1.165, 1.54) is 12.8 Å². The van der Waals surface area contributed by atoms with Gasteiger partial charge in [0, 0.05) is 19.2 Å². The molecular weight excluding hydrogens is 204 g/mol. The van der Waals surface area contributed by atoms with Crippen LogP contribution in [0.5, 0.6) is 0 Å². The van der Waals surface area contributed by atoms with E-state index in [-0.39, 0.29) is 6.10 Å². The molecule has 0 spiro atoms. The minimum absolute atomic E-state index is 0.171. The zero-order valence-corrected chi connectivity index (χ0v) is 9.43. The Bertz CT molecular complexity index is 340. The van der Waals surface area contributed by atoms with E-state index in [1.54, 1.807) is 0 Å². The van der Waals surface area contributed by atoms with E-state index in [4.69, 9.17) is 4.74 Å². The van der Waals surface area contributed by atoms with Gasteiger partial charge in [0.1, 0.15) is 12.4 Å². The lowest BCUT2D eigenvalue weighted by Gasteiger charge is -2.25. The summed E-state index contributed by atoms with van der Waals surface area (Å²) >= 11 is 0. The Morgan fingerprint density at radius 3 is 3.12 bits per heavy atom. The summed E-state index contributed by atoms with van der Waals surface area (Å²) in [6.07, 6.45) is 6.69. The molecule has 1 N–H and O–H groups in total. The average Bonchev–Trinajstić information content (AvgIpc) is 3.01. The van der Waals surface area contributed by atoms with Gasteiger partial charge in [-0.15, -0.1) is 10.2 Å². The van der Waals surface area contributed by atoms with Crippen molar-refractivity contribution in [2.45, 2.75) is 37.8 Å². The topological polar surface area (TPSA) is 52.0 Å². The number of rotatable bonds is 2. The number of hydrogen-bond acceptors (Lipinski definition) is 4. The summed E-state index contributed by atoms with van der Waals surface area (Å²) in [4.78, 5) is 0. The normalized spacial score (nSPS) is 30.8. The number of ether oxygens (including phenoxy) is 1. The summed E-state index contributed by atoms with van der Waals surface area (Å²) in [6, 6.07) is 0.503. The third kappa shape index (κ3) is 1.85. The molecule has 3 heterocycles. The fourth-order valence-corrected chi connectivity index (χ4v) is 2.62. The van der Waals surface area contributed by atoms with Gasteiger partial charge in [-0.1, -0.05) is 0 Å². The highest BCUT2D eigenvalue weighted by Gasteiger charge is 2.26. The van der Waals surface area contributed by atoms with Crippen LogP contribution in [0.4, 0.5) is 0 Å². The van der Waals surface area contributed by atoms with E-state index in [9.17, 15) is 0 Å². The van der Waals surface area contributed by atoms with Crippen molar-refractivity contribution in [3.8, 4) is 0 Å². The molecule has 0 bridgehead atoms. The van der Waals surface area contributed by atoms with Gasteiger partial charge in [0.05, 0.1) is 0 Å². The molecule has 0 amide bonds. The molecule has 5 nitrogen and oxygen atoms in total. The van der Waals surface area contributed by atoms with Gasteiger partial charge in [0.2, 0.25) is 0 Å². The van der Waals surface area contributed by atoms with Crippen LogP contribution in [0.1, 0.15) is 43.7 Å². The Labute approximate surface area is 95.2 Å². The van der Waals surface area contributed by atoms with Crippen LogP contribution < -0.4 is 5.32 Å². The number of nitrogens with zero attached hydrogens (tertiary/aromatic N) is 3. The monoisotopic (exact) mass is 222 g/mol. The minimum atomic E-state index is 0.171. The van der Waals surface area contributed by atoms with Gasteiger partial charge in [-0.2, -0.15) is 0 Å². The van der Waals surface area contributed by atoms with Crippen LogP contribution >= 0.6 is 0 Å². The van der Waals surface area contributed by atoms with Gasteiger partial charge in [0.25, 0.3) is 0 Å². The van der Waals surface area contributed by atoms with Gasteiger partial charge in [-0.05, 0) is 32.2 Å². The minimum Gasteiger partial charge on any atom is -0.370 e. The quantitative estimate of drug-likeness (QED) is 0.812. The molecule has 0 saturated carbocycles. The highest BCUT2D eigenvalue weighted by molar-refractivity contribution is 4.97. The predicted molar refractivity (Wildman–Crippen MR) is 59.1 cm³/mol. The zero-order chi connectivity index (χ0) is 10.8. The van der Waals surface area contributed by atoms with Crippen LogP contribution in [0, 0.1) is 0 Å². The van der Waals surface area contributed by atoms with Crippen LogP contribution in [-0.2, 0) is 4.74 Å². The summed E-state index contributed by atoms with van der Waals surface area (Å²) in [6.45, 7) is 3.02. The Kier molecular flexibility index (Phi) is 2.88. The summed E-state index contributed by atoms with van der Waals surface area (Å²) in [5, 5.41) is 11.7. The van der Waals surface area contributed by atoms with E-state index in [0.29, 0.717) is 6.04 Å². The first-order valence-electron chi connectivity index (χ1n) is 6.17. The lowest BCUT2D eigenvalue weighted by atomic mass is 10.1. The summed E-state index contributed by atoms with van der Waals surface area (Å²) < 4.78 is 7.90. The molecule has 2 fully saturated rings.